The molecule has 2 aromatic carbocycles. The molecular weight excluding hydrogens is 362 g/mol. The number of carbonyl (C=O) groups excluding carboxylic acids is 1. The molecule has 140 valence electrons. The Labute approximate surface area is 160 Å². The van der Waals surface area contributed by atoms with Crippen molar-refractivity contribution in [1.29, 1.82) is 0 Å². The molecule has 0 aliphatic carbocycles. The Morgan fingerprint density at radius 1 is 1.19 bits per heavy atom. The van der Waals surface area contributed by atoms with Crippen LogP contribution in [0.4, 0.5) is 10.7 Å². The van der Waals surface area contributed by atoms with Crippen molar-refractivity contribution < 1.29 is 9.53 Å². The molecule has 2 heterocycles. The van der Waals surface area contributed by atoms with Gasteiger partial charge >= 0.3 is 6.09 Å². The summed E-state index contributed by atoms with van der Waals surface area (Å²) >= 11 is 1.80. The van der Waals surface area contributed by atoms with E-state index in [1.807, 2.05) is 42.5 Å². The molecule has 3 N–H and O–H groups in total. The standard InChI is InChI=1S/C12H15N3O2S.C7H6N2/c1-3-6-18-8-4-5-9-10(7-8)14-11(13-9)15-12(16)17-2;1-2-4-7-6(3-1)8-5-9-7/h4-5,7H,3,6H2,1-2H3,(H2,13,14,15,16);1-5H,(H,8,9). The predicted molar refractivity (Wildman–Crippen MR) is 109 cm³/mol. The van der Waals surface area contributed by atoms with E-state index in [1.54, 1.807) is 18.1 Å². The van der Waals surface area contributed by atoms with Gasteiger partial charge in [-0.05, 0) is 42.5 Å². The van der Waals surface area contributed by atoms with Crippen molar-refractivity contribution in [3.05, 3.63) is 48.8 Å². The van der Waals surface area contributed by atoms with Crippen LogP contribution in [0.15, 0.2) is 53.7 Å². The van der Waals surface area contributed by atoms with Crippen molar-refractivity contribution in [3.8, 4) is 0 Å². The molecule has 8 heteroatoms. The molecule has 27 heavy (non-hydrogen) atoms. The lowest BCUT2D eigenvalue weighted by molar-refractivity contribution is 0.186. The first-order chi connectivity index (χ1) is 13.2. The van der Waals surface area contributed by atoms with Crippen LogP contribution >= 0.6 is 11.8 Å². The van der Waals surface area contributed by atoms with Gasteiger partial charge in [0.2, 0.25) is 5.95 Å². The summed E-state index contributed by atoms with van der Waals surface area (Å²) in [6.45, 7) is 2.15. The van der Waals surface area contributed by atoms with Crippen LogP contribution in [0.3, 0.4) is 0 Å². The summed E-state index contributed by atoms with van der Waals surface area (Å²) in [7, 11) is 1.32. The summed E-state index contributed by atoms with van der Waals surface area (Å²) in [6, 6.07) is 13.9. The summed E-state index contributed by atoms with van der Waals surface area (Å²) in [5.41, 5.74) is 3.85. The van der Waals surface area contributed by atoms with Gasteiger partial charge in [-0.25, -0.2) is 14.8 Å². The third-order valence-electron chi connectivity index (χ3n) is 3.66. The third kappa shape index (κ3) is 5.01. The molecule has 0 unspecified atom stereocenters. The van der Waals surface area contributed by atoms with Gasteiger partial charge < -0.3 is 14.7 Å². The molecule has 0 radical (unpaired) electrons. The van der Waals surface area contributed by atoms with E-state index in [2.05, 4.69) is 36.9 Å². The Bertz CT molecular complexity index is 997. The summed E-state index contributed by atoms with van der Waals surface area (Å²) in [4.78, 5) is 26.6. The third-order valence-corrected chi connectivity index (χ3v) is 4.86. The van der Waals surface area contributed by atoms with E-state index in [0.29, 0.717) is 5.95 Å². The van der Waals surface area contributed by atoms with Gasteiger partial charge in [0.25, 0.3) is 0 Å². The zero-order chi connectivity index (χ0) is 19.1. The summed E-state index contributed by atoms with van der Waals surface area (Å²) in [5.74, 6) is 1.49. The molecule has 4 aromatic rings. The van der Waals surface area contributed by atoms with Crippen molar-refractivity contribution in [2.45, 2.75) is 18.2 Å². The van der Waals surface area contributed by atoms with Crippen molar-refractivity contribution in [2.24, 2.45) is 0 Å². The maximum Gasteiger partial charge on any atom is 0.413 e. The Hall–Kier alpha value is -3.00. The lowest BCUT2D eigenvalue weighted by Gasteiger charge is -1.98. The second-order valence-corrected chi connectivity index (χ2v) is 6.82. The quantitative estimate of drug-likeness (QED) is 0.440. The number of benzene rings is 2. The van der Waals surface area contributed by atoms with Crippen LogP contribution in [0.2, 0.25) is 0 Å². The number of thioether (sulfide) groups is 1. The number of amides is 1. The minimum absolute atomic E-state index is 0.398. The van der Waals surface area contributed by atoms with Gasteiger partial charge in [-0.3, -0.25) is 5.32 Å². The van der Waals surface area contributed by atoms with Crippen LogP contribution in [0.1, 0.15) is 13.3 Å². The van der Waals surface area contributed by atoms with Gasteiger partial charge in [-0.1, -0.05) is 19.1 Å². The fraction of sp³-hybridized carbons (Fsp3) is 0.211. The summed E-state index contributed by atoms with van der Waals surface area (Å²) < 4.78 is 4.51. The van der Waals surface area contributed by atoms with E-state index in [9.17, 15) is 4.79 Å². The van der Waals surface area contributed by atoms with Gasteiger partial charge in [-0.15, -0.1) is 11.8 Å². The lowest BCUT2D eigenvalue weighted by Crippen LogP contribution is -2.11. The van der Waals surface area contributed by atoms with Gasteiger partial charge in [0.05, 0.1) is 35.5 Å². The number of nitrogens with zero attached hydrogens (tertiary/aromatic N) is 2. The number of fused-ring (bicyclic) bond motifs is 2. The number of imidazole rings is 2. The summed E-state index contributed by atoms with van der Waals surface area (Å²) in [6.07, 6.45) is 2.31. The van der Waals surface area contributed by atoms with Crippen LogP contribution in [-0.4, -0.2) is 38.9 Å². The highest BCUT2D eigenvalue weighted by molar-refractivity contribution is 7.99. The molecule has 1 amide bonds. The largest absolute Gasteiger partial charge is 0.453 e. The van der Waals surface area contributed by atoms with E-state index < -0.39 is 6.09 Å². The maximum absolute atomic E-state index is 11.1. The Balaban J connectivity index is 0.000000193. The number of carbonyl (C=O) groups is 1. The van der Waals surface area contributed by atoms with E-state index in [1.165, 1.54) is 12.0 Å². The lowest BCUT2D eigenvalue weighted by atomic mass is 10.3. The van der Waals surface area contributed by atoms with Crippen molar-refractivity contribution >= 4 is 45.9 Å². The molecule has 0 bridgehead atoms. The fourth-order valence-corrected chi connectivity index (χ4v) is 3.19. The van der Waals surface area contributed by atoms with Crippen molar-refractivity contribution in [2.75, 3.05) is 18.2 Å². The van der Waals surface area contributed by atoms with E-state index in [-0.39, 0.29) is 0 Å². The first-order valence-electron chi connectivity index (χ1n) is 8.55. The number of anilines is 1. The number of para-hydroxylation sites is 2. The van der Waals surface area contributed by atoms with E-state index in [4.69, 9.17) is 0 Å². The number of hydrogen-bond acceptors (Lipinski definition) is 5. The smallest absolute Gasteiger partial charge is 0.413 e. The predicted octanol–water partition coefficient (Wildman–Crippen LogP) is 4.81. The molecule has 0 atom stereocenters. The SMILES string of the molecule is CCCSc1ccc2nc(NC(=O)OC)[nH]c2c1.c1ccc2[nH]cnc2c1. The average molecular weight is 383 g/mol. The van der Waals surface area contributed by atoms with Crippen LogP contribution in [0.5, 0.6) is 0 Å². The Morgan fingerprint density at radius 3 is 2.81 bits per heavy atom. The first kappa shape index (κ1) is 18.8. The number of rotatable bonds is 4. The van der Waals surface area contributed by atoms with E-state index >= 15 is 0 Å². The van der Waals surface area contributed by atoms with Crippen LogP contribution in [0.25, 0.3) is 22.1 Å². The normalized spacial score (nSPS) is 10.4. The Kier molecular flexibility index (Phi) is 6.32. The first-order valence-corrected chi connectivity index (χ1v) is 9.54. The maximum atomic E-state index is 11.1. The molecule has 0 fully saturated rings. The van der Waals surface area contributed by atoms with Gasteiger partial charge in [-0.2, -0.15) is 0 Å². The molecule has 2 aromatic heterocycles. The highest BCUT2D eigenvalue weighted by Crippen LogP contribution is 2.23. The number of methoxy groups -OCH3 is 1. The van der Waals surface area contributed by atoms with Gasteiger partial charge in [0.15, 0.2) is 0 Å². The Morgan fingerprint density at radius 2 is 2.04 bits per heavy atom. The monoisotopic (exact) mass is 383 g/mol. The van der Waals surface area contributed by atoms with Crippen LogP contribution in [-0.2, 0) is 4.74 Å². The topological polar surface area (TPSA) is 95.7 Å². The number of aromatic nitrogens is 4. The number of aromatic amines is 2. The number of H-pyrrole nitrogens is 2. The zero-order valence-electron chi connectivity index (χ0n) is 15.2. The molecule has 7 nitrogen and oxygen atoms in total. The molecule has 0 saturated heterocycles. The highest BCUT2D eigenvalue weighted by atomic mass is 32.2. The summed E-state index contributed by atoms with van der Waals surface area (Å²) in [5, 5.41) is 2.51. The number of hydrogen-bond donors (Lipinski definition) is 3. The number of nitrogens with one attached hydrogen (secondary N) is 3. The second-order valence-electron chi connectivity index (χ2n) is 5.65. The minimum Gasteiger partial charge on any atom is -0.453 e. The van der Waals surface area contributed by atoms with Gasteiger partial charge in [0, 0.05) is 4.90 Å². The van der Waals surface area contributed by atoms with Crippen molar-refractivity contribution in [1.82, 2.24) is 19.9 Å². The fourth-order valence-electron chi connectivity index (χ4n) is 2.38. The van der Waals surface area contributed by atoms with Gasteiger partial charge in [0.1, 0.15) is 0 Å². The van der Waals surface area contributed by atoms with Crippen LogP contribution < -0.4 is 5.32 Å². The molecule has 4 rings (SSSR count). The molecule has 0 spiro atoms. The molecule has 0 aliphatic rings. The van der Waals surface area contributed by atoms with E-state index in [0.717, 1.165) is 34.2 Å². The molecular formula is C19H21N5O2S. The van der Waals surface area contributed by atoms with Crippen molar-refractivity contribution in [3.63, 3.8) is 0 Å². The minimum atomic E-state index is -0.533. The average Bonchev–Trinajstić information content (AvgIpc) is 3.32. The second kappa shape index (κ2) is 9.09. The van der Waals surface area contributed by atoms with Crippen LogP contribution in [0, 0.1) is 0 Å². The highest BCUT2D eigenvalue weighted by Gasteiger charge is 2.07. The molecule has 0 saturated carbocycles. The zero-order valence-corrected chi connectivity index (χ0v) is 16.0. The molecule has 0 aliphatic heterocycles. The number of ether oxygens (including phenoxy) is 1.